The van der Waals surface area contributed by atoms with Gasteiger partial charge in [0.05, 0.1) is 16.2 Å². The van der Waals surface area contributed by atoms with E-state index in [4.69, 9.17) is 28.3 Å². The van der Waals surface area contributed by atoms with E-state index in [1.54, 1.807) is 30.6 Å². The zero-order chi connectivity index (χ0) is 12.4. The summed E-state index contributed by atoms with van der Waals surface area (Å²) in [5.41, 5.74) is 1.64. The van der Waals surface area contributed by atoms with Gasteiger partial charge in [-0.3, -0.25) is 9.48 Å². The molecule has 0 unspecified atom stereocenters. The van der Waals surface area contributed by atoms with Gasteiger partial charge in [-0.05, 0) is 17.7 Å². The molecule has 1 N–H and O–H groups in total. The van der Waals surface area contributed by atoms with E-state index in [9.17, 15) is 4.79 Å². The summed E-state index contributed by atoms with van der Waals surface area (Å²) in [6.07, 6.45) is 3.23. The van der Waals surface area contributed by atoms with E-state index >= 15 is 0 Å². The Morgan fingerprint density at radius 1 is 1.29 bits per heavy atom. The Morgan fingerprint density at radius 3 is 2.71 bits per heavy atom. The van der Waals surface area contributed by atoms with Gasteiger partial charge in [0.2, 0.25) is 0 Å². The molecule has 6 heteroatoms. The minimum Gasteiger partial charge on any atom is -0.480 e. The average molecular weight is 271 g/mol. The molecule has 0 amide bonds. The minimum atomic E-state index is -0.936. The van der Waals surface area contributed by atoms with Crippen LogP contribution in [0, 0.1) is 0 Å². The summed E-state index contributed by atoms with van der Waals surface area (Å²) in [7, 11) is 0. The monoisotopic (exact) mass is 270 g/mol. The van der Waals surface area contributed by atoms with Gasteiger partial charge in [0, 0.05) is 11.8 Å². The lowest BCUT2D eigenvalue weighted by Crippen LogP contribution is -2.08. The summed E-state index contributed by atoms with van der Waals surface area (Å²) < 4.78 is 1.35. The van der Waals surface area contributed by atoms with E-state index < -0.39 is 5.97 Å². The second kappa shape index (κ2) is 4.77. The van der Waals surface area contributed by atoms with Crippen LogP contribution in [0.2, 0.25) is 10.0 Å². The fraction of sp³-hybridized carbons (Fsp3) is 0.0909. The molecular formula is C11H8Cl2N2O2. The van der Waals surface area contributed by atoms with Gasteiger partial charge < -0.3 is 5.11 Å². The fourth-order valence-electron chi connectivity index (χ4n) is 1.41. The van der Waals surface area contributed by atoms with Gasteiger partial charge in [-0.1, -0.05) is 29.3 Å². The normalized spacial score (nSPS) is 10.5. The first-order valence-corrected chi connectivity index (χ1v) is 5.51. The first-order valence-electron chi connectivity index (χ1n) is 4.76. The lowest BCUT2D eigenvalue weighted by atomic mass is 10.1. The Balaban J connectivity index is 2.30. The van der Waals surface area contributed by atoms with Crippen molar-refractivity contribution in [2.75, 3.05) is 0 Å². The number of aromatic nitrogens is 2. The standard InChI is InChI=1S/C11H8Cl2N2O2/c12-9-2-1-7(3-10(9)13)8-4-14-15(5-8)6-11(16)17/h1-5H,6H2,(H,16,17). The highest BCUT2D eigenvalue weighted by Crippen LogP contribution is 2.28. The number of benzene rings is 1. The SMILES string of the molecule is O=C(O)Cn1cc(-c2ccc(Cl)c(Cl)c2)cn1. The van der Waals surface area contributed by atoms with Gasteiger partial charge >= 0.3 is 5.97 Å². The van der Waals surface area contributed by atoms with E-state index in [0.29, 0.717) is 10.0 Å². The molecule has 0 radical (unpaired) electrons. The van der Waals surface area contributed by atoms with Crippen LogP contribution >= 0.6 is 23.2 Å². The lowest BCUT2D eigenvalue weighted by molar-refractivity contribution is -0.137. The van der Waals surface area contributed by atoms with E-state index in [2.05, 4.69) is 5.10 Å². The first kappa shape index (κ1) is 12.0. The van der Waals surface area contributed by atoms with Crippen molar-refractivity contribution in [3.05, 3.63) is 40.6 Å². The molecule has 1 aromatic heterocycles. The second-order valence-electron chi connectivity index (χ2n) is 3.45. The molecule has 2 rings (SSSR count). The second-order valence-corrected chi connectivity index (χ2v) is 4.26. The molecule has 0 aliphatic carbocycles. The Hall–Kier alpha value is -1.52. The Bertz CT molecular complexity index is 566. The molecule has 0 spiro atoms. The molecule has 0 atom stereocenters. The fourth-order valence-corrected chi connectivity index (χ4v) is 1.71. The Morgan fingerprint density at radius 2 is 2.06 bits per heavy atom. The van der Waals surface area contributed by atoms with Crippen molar-refractivity contribution in [1.82, 2.24) is 9.78 Å². The van der Waals surface area contributed by atoms with E-state index in [1.807, 2.05) is 0 Å². The molecule has 1 heterocycles. The van der Waals surface area contributed by atoms with Gasteiger partial charge in [-0.25, -0.2) is 0 Å². The summed E-state index contributed by atoms with van der Waals surface area (Å²) in [5.74, 6) is -0.936. The van der Waals surface area contributed by atoms with Crippen molar-refractivity contribution in [3.63, 3.8) is 0 Å². The molecule has 0 aliphatic rings. The van der Waals surface area contributed by atoms with Crippen LogP contribution in [-0.4, -0.2) is 20.9 Å². The number of rotatable bonds is 3. The van der Waals surface area contributed by atoms with Crippen molar-refractivity contribution in [1.29, 1.82) is 0 Å². The largest absolute Gasteiger partial charge is 0.480 e. The maximum absolute atomic E-state index is 10.5. The predicted octanol–water partition coefficient (Wildman–Crippen LogP) is 2.94. The van der Waals surface area contributed by atoms with Crippen molar-refractivity contribution < 1.29 is 9.90 Å². The van der Waals surface area contributed by atoms with Crippen LogP contribution in [0.4, 0.5) is 0 Å². The third-order valence-electron chi connectivity index (χ3n) is 2.18. The zero-order valence-electron chi connectivity index (χ0n) is 8.60. The molecule has 2 aromatic rings. The molecule has 1 aromatic carbocycles. The quantitative estimate of drug-likeness (QED) is 0.933. The van der Waals surface area contributed by atoms with Crippen LogP contribution in [-0.2, 0) is 11.3 Å². The summed E-state index contributed by atoms with van der Waals surface area (Å²) in [5, 5.41) is 13.5. The molecule has 17 heavy (non-hydrogen) atoms. The molecule has 0 fully saturated rings. The molecule has 0 aliphatic heterocycles. The van der Waals surface area contributed by atoms with Crippen LogP contribution in [0.1, 0.15) is 0 Å². The summed E-state index contributed by atoms with van der Waals surface area (Å²) in [6.45, 7) is -0.165. The Labute approximate surface area is 107 Å². The summed E-state index contributed by atoms with van der Waals surface area (Å²) in [4.78, 5) is 10.5. The zero-order valence-corrected chi connectivity index (χ0v) is 10.1. The third-order valence-corrected chi connectivity index (χ3v) is 2.92. The molecule has 0 saturated heterocycles. The van der Waals surface area contributed by atoms with E-state index in [1.165, 1.54) is 4.68 Å². The molecular weight excluding hydrogens is 263 g/mol. The highest BCUT2D eigenvalue weighted by molar-refractivity contribution is 6.42. The number of carbonyl (C=O) groups is 1. The van der Waals surface area contributed by atoms with Crippen LogP contribution in [0.25, 0.3) is 11.1 Å². The third kappa shape index (κ3) is 2.78. The van der Waals surface area contributed by atoms with Crippen molar-refractivity contribution >= 4 is 29.2 Å². The number of nitrogens with zero attached hydrogens (tertiary/aromatic N) is 2. The van der Waals surface area contributed by atoms with Crippen LogP contribution in [0.3, 0.4) is 0 Å². The molecule has 88 valence electrons. The smallest absolute Gasteiger partial charge is 0.325 e. The Kier molecular flexibility index (Phi) is 3.36. The number of carboxylic acid groups (broad SMARTS) is 1. The van der Waals surface area contributed by atoms with Gasteiger partial charge in [0.25, 0.3) is 0 Å². The van der Waals surface area contributed by atoms with Gasteiger partial charge in [-0.15, -0.1) is 0 Å². The first-order chi connectivity index (χ1) is 8.06. The number of carboxylic acids is 1. The summed E-state index contributed by atoms with van der Waals surface area (Å²) >= 11 is 11.7. The van der Waals surface area contributed by atoms with Crippen molar-refractivity contribution in [2.24, 2.45) is 0 Å². The topological polar surface area (TPSA) is 55.1 Å². The van der Waals surface area contributed by atoms with Gasteiger partial charge in [0.1, 0.15) is 6.54 Å². The highest BCUT2D eigenvalue weighted by atomic mass is 35.5. The van der Waals surface area contributed by atoms with Gasteiger partial charge in [-0.2, -0.15) is 5.10 Å². The average Bonchev–Trinajstić information content (AvgIpc) is 2.69. The maximum Gasteiger partial charge on any atom is 0.325 e. The summed E-state index contributed by atoms with van der Waals surface area (Å²) in [6, 6.07) is 5.20. The van der Waals surface area contributed by atoms with Gasteiger partial charge in [0.15, 0.2) is 0 Å². The molecule has 0 bridgehead atoms. The number of hydrogen-bond donors (Lipinski definition) is 1. The molecule has 4 nitrogen and oxygen atoms in total. The molecule has 0 saturated carbocycles. The number of aliphatic carboxylic acids is 1. The van der Waals surface area contributed by atoms with Crippen molar-refractivity contribution in [3.8, 4) is 11.1 Å². The highest BCUT2D eigenvalue weighted by Gasteiger charge is 2.06. The van der Waals surface area contributed by atoms with E-state index in [-0.39, 0.29) is 6.54 Å². The van der Waals surface area contributed by atoms with Crippen LogP contribution in [0.15, 0.2) is 30.6 Å². The predicted molar refractivity (Wildman–Crippen MR) is 65.3 cm³/mol. The number of halogens is 2. The van der Waals surface area contributed by atoms with Crippen LogP contribution in [0.5, 0.6) is 0 Å². The lowest BCUT2D eigenvalue weighted by Gasteiger charge is -1.99. The maximum atomic E-state index is 10.5. The van der Waals surface area contributed by atoms with E-state index in [0.717, 1.165) is 11.1 Å². The van der Waals surface area contributed by atoms with Crippen LogP contribution < -0.4 is 0 Å². The number of hydrogen-bond acceptors (Lipinski definition) is 2. The minimum absolute atomic E-state index is 0.165. The van der Waals surface area contributed by atoms with Crippen molar-refractivity contribution in [2.45, 2.75) is 6.54 Å².